The van der Waals surface area contributed by atoms with Gasteiger partial charge in [0.1, 0.15) is 17.2 Å². The number of hydrogen-bond donors (Lipinski definition) is 3. The molecule has 0 spiro atoms. The number of nitrogens with one attached hydrogen (secondary N) is 3. The molecule has 0 saturated heterocycles. The van der Waals surface area contributed by atoms with Gasteiger partial charge in [-0.1, -0.05) is 5.92 Å². The van der Waals surface area contributed by atoms with Crippen LogP contribution in [0.2, 0.25) is 0 Å². The van der Waals surface area contributed by atoms with Gasteiger partial charge in [0.2, 0.25) is 0 Å². The van der Waals surface area contributed by atoms with Crippen LogP contribution in [0.4, 0.5) is 9.59 Å². The number of carbonyl (C=O) groups is 4. The van der Waals surface area contributed by atoms with Crippen molar-refractivity contribution in [3.05, 3.63) is 53.3 Å². The molecule has 0 aliphatic heterocycles. The first-order chi connectivity index (χ1) is 18.5. The molecule has 4 amide bonds. The Morgan fingerprint density at radius 2 is 1.40 bits per heavy atom. The first kappa shape index (κ1) is 31.4. The van der Waals surface area contributed by atoms with E-state index in [0.29, 0.717) is 5.56 Å². The maximum atomic E-state index is 13.0. The summed E-state index contributed by atoms with van der Waals surface area (Å²) in [4.78, 5) is 50.4. The van der Waals surface area contributed by atoms with Gasteiger partial charge in [0.25, 0.3) is 11.8 Å². The molecule has 212 valence electrons. The Hall–Kier alpha value is -4.77. The average molecular weight is 550 g/mol. The van der Waals surface area contributed by atoms with Crippen molar-refractivity contribution < 1.29 is 28.7 Å². The van der Waals surface area contributed by atoms with Crippen molar-refractivity contribution in [2.45, 2.75) is 71.8 Å². The number of rotatable bonds is 5. The maximum absolute atomic E-state index is 13.0. The van der Waals surface area contributed by atoms with Gasteiger partial charge in [-0.25, -0.2) is 9.59 Å². The summed E-state index contributed by atoms with van der Waals surface area (Å²) < 4.78 is 12.0. The molecule has 0 aliphatic carbocycles. The van der Waals surface area contributed by atoms with E-state index in [-0.39, 0.29) is 5.56 Å². The predicted octanol–water partition coefficient (Wildman–Crippen LogP) is 2.89. The molecule has 3 N–H and O–H groups in total. The Kier molecular flexibility index (Phi) is 10.5. The number of hydrogen-bond acceptors (Lipinski definition) is 7. The average Bonchev–Trinajstić information content (AvgIpc) is 3.22. The Labute approximate surface area is 234 Å². The molecule has 11 nitrogen and oxygen atoms in total. The number of nitrogens with zero attached hydrogens (tertiary/aromatic N) is 2. The lowest BCUT2D eigenvalue weighted by Crippen LogP contribution is -2.59. The molecule has 1 aromatic carbocycles. The molecule has 11 heteroatoms. The summed E-state index contributed by atoms with van der Waals surface area (Å²) >= 11 is 0. The fourth-order valence-electron chi connectivity index (χ4n) is 3.10. The van der Waals surface area contributed by atoms with Crippen LogP contribution < -0.4 is 16.0 Å². The highest BCUT2D eigenvalue weighted by atomic mass is 16.6. The smallest absolute Gasteiger partial charge is 0.414 e. The van der Waals surface area contributed by atoms with Gasteiger partial charge in [0.05, 0.1) is 17.8 Å². The SMILES string of the molecule is C[C@@H](NC(=O)OC(C)(C)C)[C@H](NC(=O)c1ccc(C#CC#Cc2cnn(C)c2)cc1)C(=O)NC(=O)OC(C)(C)C. The van der Waals surface area contributed by atoms with E-state index in [1.54, 1.807) is 77.8 Å². The van der Waals surface area contributed by atoms with E-state index in [9.17, 15) is 19.2 Å². The van der Waals surface area contributed by atoms with Crippen LogP contribution >= 0.6 is 0 Å². The number of aromatic nitrogens is 2. The van der Waals surface area contributed by atoms with E-state index >= 15 is 0 Å². The van der Waals surface area contributed by atoms with Crippen LogP contribution in [0.3, 0.4) is 0 Å². The van der Waals surface area contributed by atoms with Crippen LogP contribution in [-0.2, 0) is 21.3 Å². The molecule has 40 heavy (non-hydrogen) atoms. The second-order valence-corrected chi connectivity index (χ2v) is 10.9. The normalized spacial score (nSPS) is 12.3. The van der Waals surface area contributed by atoms with Gasteiger partial charge in [-0.05, 0) is 90.5 Å². The van der Waals surface area contributed by atoms with Gasteiger partial charge in [0, 0.05) is 24.4 Å². The van der Waals surface area contributed by atoms with E-state index in [0.717, 1.165) is 5.56 Å². The largest absolute Gasteiger partial charge is 0.444 e. The van der Waals surface area contributed by atoms with Crippen molar-refractivity contribution in [2.75, 3.05) is 0 Å². The van der Waals surface area contributed by atoms with Gasteiger partial charge in [0.15, 0.2) is 0 Å². The number of alkyl carbamates (subject to hydrolysis) is 2. The van der Waals surface area contributed by atoms with Crippen molar-refractivity contribution in [3.63, 3.8) is 0 Å². The van der Waals surface area contributed by atoms with Crippen molar-refractivity contribution in [1.82, 2.24) is 25.7 Å². The van der Waals surface area contributed by atoms with Gasteiger partial charge in [-0.3, -0.25) is 19.6 Å². The predicted molar refractivity (Wildman–Crippen MR) is 148 cm³/mol. The third-order valence-electron chi connectivity index (χ3n) is 4.77. The van der Waals surface area contributed by atoms with E-state index in [1.165, 1.54) is 19.1 Å². The topological polar surface area (TPSA) is 141 Å². The second-order valence-electron chi connectivity index (χ2n) is 10.9. The number of imide groups is 1. The molecular weight excluding hydrogens is 514 g/mol. The summed E-state index contributed by atoms with van der Waals surface area (Å²) in [6.07, 6.45) is 1.62. The molecule has 1 heterocycles. The standard InChI is InChI=1S/C29H35N5O6/c1-19(31-26(37)39-28(2,3)4)23(25(36)33-27(38)40-29(5,6)7)32-24(35)22-15-13-20(14-16-22)11-9-10-12-21-17-30-34(8)18-21/h13-19,23H,1-8H3,(H,31,37)(H,32,35)(H,33,36,38)/t19-,23+/m1/s1. The fraction of sp³-hybridized carbons (Fsp3) is 0.414. The van der Waals surface area contributed by atoms with Crippen LogP contribution in [0, 0.1) is 23.7 Å². The molecule has 0 fully saturated rings. The number of aryl methyl sites for hydroxylation is 1. The molecule has 0 radical (unpaired) electrons. The van der Waals surface area contributed by atoms with Crippen LogP contribution in [0.25, 0.3) is 0 Å². The molecule has 2 rings (SSSR count). The summed E-state index contributed by atoms with van der Waals surface area (Å²) in [5.74, 6) is 9.76. The number of carbonyl (C=O) groups excluding carboxylic acids is 4. The van der Waals surface area contributed by atoms with Crippen LogP contribution in [0.5, 0.6) is 0 Å². The zero-order valence-corrected chi connectivity index (χ0v) is 24.0. The molecule has 1 aromatic heterocycles. The molecule has 2 aromatic rings. The number of amides is 4. The van der Waals surface area contributed by atoms with Crippen molar-refractivity contribution in [2.24, 2.45) is 7.05 Å². The first-order valence-corrected chi connectivity index (χ1v) is 12.5. The van der Waals surface area contributed by atoms with Crippen LogP contribution in [0.15, 0.2) is 36.7 Å². The number of benzene rings is 1. The molecule has 2 atom stereocenters. The molecule has 0 aliphatic rings. The highest BCUT2D eigenvalue weighted by molar-refractivity contribution is 6.01. The Bertz CT molecular complexity index is 1360. The maximum Gasteiger partial charge on any atom is 0.414 e. The Morgan fingerprint density at radius 1 is 0.850 bits per heavy atom. The Balaban J connectivity index is 2.15. The lowest BCUT2D eigenvalue weighted by atomic mass is 10.1. The summed E-state index contributed by atoms with van der Waals surface area (Å²) in [5, 5.41) is 11.2. The zero-order chi connectivity index (χ0) is 30.1. The number of ether oxygens (including phenoxy) is 2. The minimum atomic E-state index is -1.34. The minimum Gasteiger partial charge on any atom is -0.444 e. The lowest BCUT2D eigenvalue weighted by molar-refractivity contribution is -0.123. The molecular formula is C29H35N5O6. The summed E-state index contributed by atoms with van der Waals surface area (Å²) in [6, 6.07) is 4.03. The first-order valence-electron chi connectivity index (χ1n) is 12.5. The quantitative estimate of drug-likeness (QED) is 0.487. The fourth-order valence-corrected chi connectivity index (χ4v) is 3.10. The Morgan fingerprint density at radius 3 is 1.93 bits per heavy atom. The molecule has 0 saturated carbocycles. The van der Waals surface area contributed by atoms with Crippen LogP contribution in [0.1, 0.15) is 70.0 Å². The summed E-state index contributed by atoms with van der Waals surface area (Å²) in [6.45, 7) is 11.5. The van der Waals surface area contributed by atoms with E-state index in [1.807, 2.05) is 0 Å². The highest BCUT2D eigenvalue weighted by Crippen LogP contribution is 2.10. The van der Waals surface area contributed by atoms with Crippen molar-refractivity contribution in [3.8, 4) is 23.7 Å². The van der Waals surface area contributed by atoms with Gasteiger partial charge in [-0.15, -0.1) is 0 Å². The summed E-state index contributed by atoms with van der Waals surface area (Å²) in [7, 11) is 1.79. The minimum absolute atomic E-state index is 0.228. The van der Waals surface area contributed by atoms with E-state index in [2.05, 4.69) is 44.7 Å². The van der Waals surface area contributed by atoms with Gasteiger partial charge in [-0.2, -0.15) is 5.10 Å². The van der Waals surface area contributed by atoms with E-state index < -0.39 is 47.3 Å². The second kappa shape index (κ2) is 13.3. The van der Waals surface area contributed by atoms with E-state index in [4.69, 9.17) is 9.47 Å². The monoisotopic (exact) mass is 549 g/mol. The third-order valence-corrected chi connectivity index (χ3v) is 4.77. The van der Waals surface area contributed by atoms with Crippen molar-refractivity contribution >= 4 is 24.0 Å². The third kappa shape index (κ3) is 11.3. The summed E-state index contributed by atoms with van der Waals surface area (Å²) in [5.41, 5.74) is -0.0402. The zero-order valence-electron chi connectivity index (χ0n) is 24.0. The van der Waals surface area contributed by atoms with Gasteiger partial charge < -0.3 is 20.1 Å². The molecule has 0 unspecified atom stereocenters. The van der Waals surface area contributed by atoms with Crippen molar-refractivity contribution in [1.29, 1.82) is 0 Å². The lowest BCUT2D eigenvalue weighted by Gasteiger charge is -2.27. The molecule has 0 bridgehead atoms. The van der Waals surface area contributed by atoms with Crippen LogP contribution in [-0.4, -0.2) is 57.1 Å². The highest BCUT2D eigenvalue weighted by Gasteiger charge is 2.32. The van der Waals surface area contributed by atoms with Gasteiger partial charge >= 0.3 is 12.2 Å².